The first kappa shape index (κ1) is 16.5. The van der Waals surface area contributed by atoms with Crippen LogP contribution in [0.25, 0.3) is 0 Å². The van der Waals surface area contributed by atoms with Crippen molar-refractivity contribution < 1.29 is 9.66 Å². The molecule has 0 unspecified atom stereocenters. The monoisotopic (exact) mass is 339 g/mol. The van der Waals surface area contributed by atoms with Crippen LogP contribution in [0.4, 0.5) is 11.4 Å². The lowest BCUT2D eigenvalue weighted by atomic mass is 10.0. The van der Waals surface area contributed by atoms with Gasteiger partial charge >= 0.3 is 0 Å². The predicted molar refractivity (Wildman–Crippen MR) is 90.4 cm³/mol. The lowest BCUT2D eigenvalue weighted by molar-refractivity contribution is -0.384. The lowest BCUT2D eigenvalue weighted by Crippen LogP contribution is -2.46. The van der Waals surface area contributed by atoms with E-state index in [1.165, 1.54) is 6.07 Å². The Morgan fingerprint density at radius 1 is 1.17 bits per heavy atom. The number of nitro groups is 1. The van der Waals surface area contributed by atoms with E-state index >= 15 is 0 Å². The fraction of sp³-hybridized carbons (Fsp3) is 0.625. The fourth-order valence-electron chi connectivity index (χ4n) is 3.51. The Balaban J connectivity index is 1.66. The summed E-state index contributed by atoms with van der Waals surface area (Å²) in [6, 6.07) is 5.48. The molecule has 2 heterocycles. The SMILES string of the molecule is O=[N+]([O-])c1cc(Cl)ccc1N1CCC(N2CCCOCC2)CC1. The maximum Gasteiger partial charge on any atom is 0.294 e. The molecule has 0 spiro atoms. The van der Waals surface area contributed by atoms with E-state index in [1.54, 1.807) is 12.1 Å². The average molecular weight is 340 g/mol. The summed E-state index contributed by atoms with van der Waals surface area (Å²) in [5, 5.41) is 11.7. The molecule has 0 aliphatic carbocycles. The van der Waals surface area contributed by atoms with Gasteiger partial charge in [-0.15, -0.1) is 0 Å². The van der Waals surface area contributed by atoms with Gasteiger partial charge in [-0.2, -0.15) is 0 Å². The quantitative estimate of drug-likeness (QED) is 0.626. The summed E-state index contributed by atoms with van der Waals surface area (Å²) in [5.74, 6) is 0. The molecule has 0 amide bonds. The highest BCUT2D eigenvalue weighted by atomic mass is 35.5. The summed E-state index contributed by atoms with van der Waals surface area (Å²) >= 11 is 5.90. The van der Waals surface area contributed by atoms with Crippen LogP contribution in [0.2, 0.25) is 5.02 Å². The van der Waals surface area contributed by atoms with Crippen LogP contribution >= 0.6 is 11.6 Å². The van der Waals surface area contributed by atoms with E-state index in [0.717, 1.165) is 58.7 Å². The van der Waals surface area contributed by atoms with Crippen LogP contribution in [0.5, 0.6) is 0 Å². The molecule has 1 aromatic rings. The van der Waals surface area contributed by atoms with Crippen LogP contribution in [0.3, 0.4) is 0 Å². The van der Waals surface area contributed by atoms with E-state index in [1.807, 2.05) is 0 Å². The Morgan fingerprint density at radius 3 is 2.70 bits per heavy atom. The van der Waals surface area contributed by atoms with Crippen molar-refractivity contribution in [3.8, 4) is 0 Å². The number of halogens is 1. The highest BCUT2D eigenvalue weighted by molar-refractivity contribution is 6.30. The molecule has 0 atom stereocenters. The van der Waals surface area contributed by atoms with Gasteiger partial charge in [0.25, 0.3) is 5.69 Å². The summed E-state index contributed by atoms with van der Waals surface area (Å²) in [6.45, 7) is 5.42. The summed E-state index contributed by atoms with van der Waals surface area (Å²) < 4.78 is 5.52. The molecule has 2 saturated heterocycles. The van der Waals surface area contributed by atoms with Gasteiger partial charge in [0.05, 0.1) is 11.5 Å². The molecule has 0 aromatic heterocycles. The number of anilines is 1. The van der Waals surface area contributed by atoms with Crippen LogP contribution in [0.15, 0.2) is 18.2 Å². The van der Waals surface area contributed by atoms with E-state index in [9.17, 15) is 10.1 Å². The number of benzene rings is 1. The third kappa shape index (κ3) is 3.94. The molecule has 126 valence electrons. The zero-order chi connectivity index (χ0) is 16.2. The summed E-state index contributed by atoms with van der Waals surface area (Å²) in [4.78, 5) is 15.5. The molecule has 2 aliphatic rings. The van der Waals surface area contributed by atoms with Crippen LogP contribution < -0.4 is 4.90 Å². The zero-order valence-corrected chi connectivity index (χ0v) is 13.9. The first-order chi connectivity index (χ1) is 11.1. The second-order valence-electron chi connectivity index (χ2n) is 6.11. The van der Waals surface area contributed by atoms with E-state index in [-0.39, 0.29) is 10.6 Å². The minimum atomic E-state index is -0.348. The lowest BCUT2D eigenvalue weighted by Gasteiger charge is -2.38. The smallest absolute Gasteiger partial charge is 0.294 e. The van der Waals surface area contributed by atoms with Crippen LogP contribution in [0, 0.1) is 10.1 Å². The Hall–Kier alpha value is -1.37. The van der Waals surface area contributed by atoms with Crippen LogP contribution in [-0.2, 0) is 4.74 Å². The third-order valence-electron chi connectivity index (χ3n) is 4.71. The molecule has 0 radical (unpaired) electrons. The molecule has 0 N–H and O–H groups in total. The number of nitrogens with zero attached hydrogens (tertiary/aromatic N) is 3. The summed E-state index contributed by atoms with van der Waals surface area (Å²) in [5.41, 5.74) is 0.774. The molecule has 0 saturated carbocycles. The van der Waals surface area contributed by atoms with Gasteiger partial charge in [-0.1, -0.05) is 11.6 Å². The number of nitro benzene ring substituents is 1. The Bertz CT molecular complexity index is 554. The molecule has 6 nitrogen and oxygen atoms in total. The number of rotatable bonds is 3. The topological polar surface area (TPSA) is 58.9 Å². The second kappa shape index (κ2) is 7.47. The van der Waals surface area contributed by atoms with Gasteiger partial charge in [0.15, 0.2) is 0 Å². The number of hydrogen-bond acceptors (Lipinski definition) is 5. The Labute approximate surface area is 141 Å². The van der Waals surface area contributed by atoms with Crippen molar-refractivity contribution in [2.45, 2.75) is 25.3 Å². The van der Waals surface area contributed by atoms with Crippen molar-refractivity contribution in [1.29, 1.82) is 0 Å². The van der Waals surface area contributed by atoms with E-state index < -0.39 is 0 Å². The maximum absolute atomic E-state index is 11.3. The summed E-state index contributed by atoms with van der Waals surface area (Å²) in [7, 11) is 0. The van der Waals surface area contributed by atoms with Gasteiger partial charge in [-0.3, -0.25) is 15.0 Å². The van der Waals surface area contributed by atoms with Gasteiger partial charge in [0, 0.05) is 49.9 Å². The first-order valence-corrected chi connectivity index (χ1v) is 8.53. The van der Waals surface area contributed by atoms with E-state index in [4.69, 9.17) is 16.3 Å². The van der Waals surface area contributed by atoms with E-state index in [2.05, 4.69) is 9.80 Å². The van der Waals surface area contributed by atoms with E-state index in [0.29, 0.717) is 16.8 Å². The number of piperidine rings is 1. The standard InChI is InChI=1S/C16H22ClN3O3/c17-13-2-3-15(16(12-13)20(21)22)19-7-4-14(5-8-19)18-6-1-10-23-11-9-18/h2-3,12,14H,1,4-11H2. The van der Waals surface area contributed by atoms with Gasteiger partial charge in [0.1, 0.15) is 5.69 Å². The van der Waals surface area contributed by atoms with Gasteiger partial charge < -0.3 is 9.64 Å². The average Bonchev–Trinajstić information content (AvgIpc) is 2.84. The second-order valence-corrected chi connectivity index (χ2v) is 6.55. The van der Waals surface area contributed by atoms with Crippen LogP contribution in [0.1, 0.15) is 19.3 Å². The highest BCUT2D eigenvalue weighted by Crippen LogP contribution is 2.33. The molecule has 7 heteroatoms. The van der Waals surface area contributed by atoms with Gasteiger partial charge in [0.2, 0.25) is 0 Å². The molecular weight excluding hydrogens is 318 g/mol. The van der Waals surface area contributed by atoms with Crippen molar-refractivity contribution in [2.75, 3.05) is 44.3 Å². The minimum Gasteiger partial charge on any atom is -0.380 e. The van der Waals surface area contributed by atoms with Crippen molar-refractivity contribution in [2.24, 2.45) is 0 Å². The largest absolute Gasteiger partial charge is 0.380 e. The molecular formula is C16H22ClN3O3. The minimum absolute atomic E-state index is 0.0964. The van der Waals surface area contributed by atoms with Gasteiger partial charge in [-0.05, 0) is 31.4 Å². The van der Waals surface area contributed by atoms with Crippen molar-refractivity contribution in [3.05, 3.63) is 33.3 Å². The molecule has 23 heavy (non-hydrogen) atoms. The molecule has 2 aliphatic heterocycles. The molecule has 3 rings (SSSR count). The number of ether oxygens (including phenoxy) is 1. The molecule has 0 bridgehead atoms. The van der Waals surface area contributed by atoms with Crippen molar-refractivity contribution >= 4 is 23.0 Å². The summed E-state index contributed by atoms with van der Waals surface area (Å²) in [6.07, 6.45) is 3.14. The molecule has 1 aromatic carbocycles. The predicted octanol–water partition coefficient (Wildman–Crippen LogP) is 2.94. The maximum atomic E-state index is 11.3. The fourth-order valence-corrected chi connectivity index (χ4v) is 3.68. The molecule has 2 fully saturated rings. The number of hydrogen-bond donors (Lipinski definition) is 0. The zero-order valence-electron chi connectivity index (χ0n) is 13.1. The Kier molecular flexibility index (Phi) is 5.35. The van der Waals surface area contributed by atoms with Crippen molar-refractivity contribution in [3.63, 3.8) is 0 Å². The third-order valence-corrected chi connectivity index (χ3v) is 4.95. The first-order valence-electron chi connectivity index (χ1n) is 8.16. The van der Waals surface area contributed by atoms with Crippen LogP contribution in [-0.4, -0.2) is 55.3 Å². The van der Waals surface area contributed by atoms with Gasteiger partial charge in [-0.25, -0.2) is 0 Å². The normalized spacial score (nSPS) is 21.2. The van der Waals surface area contributed by atoms with Crippen molar-refractivity contribution in [1.82, 2.24) is 4.90 Å². The highest BCUT2D eigenvalue weighted by Gasteiger charge is 2.28. The Morgan fingerprint density at radius 2 is 1.96 bits per heavy atom.